The molecule has 1 aromatic carbocycles. The molecule has 6 heteroatoms. The topological polar surface area (TPSA) is 34.9 Å². The number of halogens is 3. The van der Waals surface area contributed by atoms with Crippen molar-refractivity contribution < 1.29 is 13.6 Å². The van der Waals surface area contributed by atoms with Gasteiger partial charge in [0.1, 0.15) is 10.8 Å². The van der Waals surface area contributed by atoms with Crippen LogP contribution in [0.15, 0.2) is 18.5 Å². The SMILES string of the molecule is Cn1cnc(-c2ccc(F)c(F)c2C=O)c1Cl. The maximum Gasteiger partial charge on any atom is 0.169 e. The predicted octanol–water partition coefficient (Wildman–Crippen LogP) is 2.83. The molecule has 0 N–H and O–H groups in total. The Morgan fingerprint density at radius 3 is 2.65 bits per heavy atom. The fourth-order valence-electron chi connectivity index (χ4n) is 1.48. The van der Waals surface area contributed by atoms with Crippen LogP contribution in [-0.4, -0.2) is 15.8 Å². The number of hydrogen-bond acceptors (Lipinski definition) is 2. The molecule has 17 heavy (non-hydrogen) atoms. The molecule has 0 saturated heterocycles. The number of aldehydes is 1. The Morgan fingerprint density at radius 1 is 1.41 bits per heavy atom. The molecule has 0 aliphatic carbocycles. The first-order chi connectivity index (χ1) is 8.06. The van der Waals surface area contributed by atoms with Crippen LogP contribution in [0, 0.1) is 11.6 Å². The summed E-state index contributed by atoms with van der Waals surface area (Å²) in [6, 6.07) is 2.21. The van der Waals surface area contributed by atoms with Crippen LogP contribution in [0.5, 0.6) is 0 Å². The number of nitrogens with zero attached hydrogens (tertiary/aromatic N) is 2. The molecule has 0 spiro atoms. The highest BCUT2D eigenvalue weighted by Gasteiger charge is 2.18. The van der Waals surface area contributed by atoms with Gasteiger partial charge in [0.2, 0.25) is 0 Å². The van der Waals surface area contributed by atoms with Crippen LogP contribution in [0.2, 0.25) is 5.15 Å². The largest absolute Gasteiger partial charge is 0.324 e. The Bertz CT molecular complexity index is 595. The van der Waals surface area contributed by atoms with Gasteiger partial charge >= 0.3 is 0 Å². The number of carbonyl (C=O) groups excluding carboxylic acids is 1. The summed E-state index contributed by atoms with van der Waals surface area (Å²) in [5.74, 6) is -2.28. The Labute approximate surface area is 101 Å². The highest BCUT2D eigenvalue weighted by atomic mass is 35.5. The zero-order chi connectivity index (χ0) is 12.6. The van der Waals surface area contributed by atoms with Crippen molar-refractivity contribution in [3.8, 4) is 11.3 Å². The minimum absolute atomic E-state index is 0.171. The molecule has 0 bridgehead atoms. The van der Waals surface area contributed by atoms with E-state index in [1.165, 1.54) is 17.0 Å². The van der Waals surface area contributed by atoms with Gasteiger partial charge in [-0.2, -0.15) is 0 Å². The molecule has 1 heterocycles. The standard InChI is InChI=1S/C11H7ClF2N2O/c1-16-5-15-10(11(16)12)6-2-3-8(13)9(14)7(6)4-17/h2-5H,1H3. The molecule has 3 nitrogen and oxygen atoms in total. The molecule has 0 fully saturated rings. The second kappa shape index (κ2) is 4.25. The lowest BCUT2D eigenvalue weighted by molar-refractivity contribution is 0.111. The molecular formula is C11H7ClF2N2O. The van der Waals surface area contributed by atoms with E-state index in [4.69, 9.17) is 11.6 Å². The molecule has 0 radical (unpaired) electrons. The number of rotatable bonds is 2. The average Bonchev–Trinajstić information content (AvgIpc) is 2.64. The van der Waals surface area contributed by atoms with Crippen LogP contribution in [0.1, 0.15) is 10.4 Å². The third kappa shape index (κ3) is 1.82. The highest BCUT2D eigenvalue weighted by molar-refractivity contribution is 6.32. The molecular weight excluding hydrogens is 250 g/mol. The van der Waals surface area contributed by atoms with Gasteiger partial charge in [-0.25, -0.2) is 13.8 Å². The normalized spacial score (nSPS) is 10.6. The summed E-state index contributed by atoms with van der Waals surface area (Å²) in [7, 11) is 1.65. The lowest BCUT2D eigenvalue weighted by Gasteiger charge is -2.04. The zero-order valence-electron chi connectivity index (χ0n) is 8.75. The van der Waals surface area contributed by atoms with Crippen molar-refractivity contribution in [3.05, 3.63) is 40.8 Å². The summed E-state index contributed by atoms with van der Waals surface area (Å²) in [5.41, 5.74) is 0.0327. The van der Waals surface area contributed by atoms with E-state index in [9.17, 15) is 13.6 Å². The van der Waals surface area contributed by atoms with Crippen molar-refractivity contribution in [3.63, 3.8) is 0 Å². The van der Waals surface area contributed by atoms with Gasteiger partial charge in [-0.05, 0) is 12.1 Å². The van der Waals surface area contributed by atoms with Crippen LogP contribution in [-0.2, 0) is 7.05 Å². The van der Waals surface area contributed by atoms with Crippen molar-refractivity contribution in [1.29, 1.82) is 0 Å². The van der Waals surface area contributed by atoms with Gasteiger partial charge in [-0.15, -0.1) is 0 Å². The number of imidazole rings is 1. The molecule has 1 aromatic heterocycles. The number of hydrogen-bond donors (Lipinski definition) is 0. The third-order valence-electron chi connectivity index (χ3n) is 2.37. The van der Waals surface area contributed by atoms with Gasteiger partial charge in [0.05, 0.1) is 11.9 Å². The molecule has 0 unspecified atom stereocenters. The van der Waals surface area contributed by atoms with Crippen molar-refractivity contribution in [2.45, 2.75) is 0 Å². The summed E-state index contributed by atoms with van der Waals surface area (Å²) in [6.07, 6.45) is 1.67. The summed E-state index contributed by atoms with van der Waals surface area (Å²) in [4.78, 5) is 14.8. The molecule has 0 aliphatic rings. The van der Waals surface area contributed by atoms with Gasteiger partial charge in [-0.3, -0.25) is 4.79 Å². The molecule has 2 aromatic rings. The number of carbonyl (C=O) groups is 1. The van der Waals surface area contributed by atoms with E-state index >= 15 is 0 Å². The highest BCUT2D eigenvalue weighted by Crippen LogP contribution is 2.30. The first kappa shape index (κ1) is 11.7. The van der Waals surface area contributed by atoms with Gasteiger partial charge in [0.25, 0.3) is 0 Å². The fourth-order valence-corrected chi connectivity index (χ4v) is 1.68. The predicted molar refractivity (Wildman–Crippen MR) is 59.0 cm³/mol. The molecule has 0 aliphatic heterocycles. The summed E-state index contributed by atoms with van der Waals surface area (Å²) in [5, 5.41) is 0.249. The quantitative estimate of drug-likeness (QED) is 0.775. The monoisotopic (exact) mass is 256 g/mol. The van der Waals surface area contributed by atoms with E-state index in [-0.39, 0.29) is 28.3 Å². The van der Waals surface area contributed by atoms with Gasteiger partial charge in [0, 0.05) is 12.6 Å². The number of aromatic nitrogens is 2. The average molecular weight is 257 g/mol. The molecule has 0 amide bonds. The van der Waals surface area contributed by atoms with Crippen LogP contribution in [0.3, 0.4) is 0 Å². The maximum atomic E-state index is 13.4. The van der Waals surface area contributed by atoms with E-state index < -0.39 is 11.6 Å². The number of aryl methyl sites for hydroxylation is 1. The van der Waals surface area contributed by atoms with Crippen molar-refractivity contribution >= 4 is 17.9 Å². The minimum Gasteiger partial charge on any atom is -0.324 e. The second-order valence-corrected chi connectivity index (χ2v) is 3.79. The Hall–Kier alpha value is -1.75. The lowest BCUT2D eigenvalue weighted by atomic mass is 10.1. The summed E-state index contributed by atoms with van der Waals surface area (Å²) < 4.78 is 27.9. The fraction of sp³-hybridized carbons (Fsp3) is 0.0909. The van der Waals surface area contributed by atoms with E-state index in [0.29, 0.717) is 0 Å². The van der Waals surface area contributed by atoms with Crippen LogP contribution < -0.4 is 0 Å². The smallest absolute Gasteiger partial charge is 0.169 e. The van der Waals surface area contributed by atoms with E-state index in [1.54, 1.807) is 7.05 Å². The summed E-state index contributed by atoms with van der Waals surface area (Å²) >= 11 is 5.93. The lowest BCUT2D eigenvalue weighted by Crippen LogP contribution is -1.97. The Kier molecular flexibility index (Phi) is 2.93. The van der Waals surface area contributed by atoms with E-state index in [2.05, 4.69) is 4.98 Å². The first-order valence-electron chi connectivity index (χ1n) is 4.66. The first-order valence-corrected chi connectivity index (χ1v) is 5.04. The van der Waals surface area contributed by atoms with Crippen molar-refractivity contribution in [2.75, 3.05) is 0 Å². The van der Waals surface area contributed by atoms with Crippen LogP contribution >= 0.6 is 11.6 Å². The van der Waals surface area contributed by atoms with Gasteiger partial charge in [-0.1, -0.05) is 11.6 Å². The zero-order valence-corrected chi connectivity index (χ0v) is 9.50. The minimum atomic E-state index is -1.20. The third-order valence-corrected chi connectivity index (χ3v) is 2.82. The summed E-state index contributed by atoms with van der Waals surface area (Å²) in [6.45, 7) is 0. The van der Waals surface area contributed by atoms with E-state index in [1.807, 2.05) is 0 Å². The second-order valence-electron chi connectivity index (χ2n) is 3.44. The van der Waals surface area contributed by atoms with Crippen LogP contribution in [0.25, 0.3) is 11.3 Å². The van der Waals surface area contributed by atoms with Gasteiger partial charge in [0.15, 0.2) is 17.9 Å². The van der Waals surface area contributed by atoms with Crippen LogP contribution in [0.4, 0.5) is 8.78 Å². The Balaban J connectivity index is 2.72. The molecule has 88 valence electrons. The van der Waals surface area contributed by atoms with Crippen molar-refractivity contribution in [1.82, 2.24) is 9.55 Å². The molecule has 2 rings (SSSR count). The maximum absolute atomic E-state index is 13.4. The van der Waals surface area contributed by atoms with Crippen molar-refractivity contribution in [2.24, 2.45) is 7.05 Å². The molecule has 0 atom stereocenters. The molecule has 0 saturated carbocycles. The van der Waals surface area contributed by atoms with E-state index in [0.717, 1.165) is 6.07 Å². The Morgan fingerprint density at radius 2 is 2.12 bits per heavy atom. The van der Waals surface area contributed by atoms with Gasteiger partial charge < -0.3 is 4.57 Å². The number of benzene rings is 1.